The van der Waals surface area contributed by atoms with Crippen LogP contribution in [0.2, 0.25) is 0 Å². The molecule has 0 spiro atoms. The predicted molar refractivity (Wildman–Crippen MR) is 50.2 cm³/mol. The third-order valence-electron chi connectivity index (χ3n) is 1.98. The zero-order valence-corrected chi connectivity index (χ0v) is 7.16. The van der Waals surface area contributed by atoms with Gasteiger partial charge in [0.2, 0.25) is 0 Å². The minimum atomic E-state index is 0.118. The Hall–Kier alpha value is -1.25. The van der Waals surface area contributed by atoms with Crippen molar-refractivity contribution < 1.29 is 5.11 Å². The van der Waals surface area contributed by atoms with Gasteiger partial charge < -0.3 is 10.0 Å². The highest BCUT2D eigenvalue weighted by molar-refractivity contribution is 5.31. The number of aliphatic imine (C=N–C) groups is 1. The Labute approximate surface area is 72.7 Å². The summed E-state index contributed by atoms with van der Waals surface area (Å²) < 4.78 is 0. The highest BCUT2D eigenvalue weighted by Gasteiger charge is 2.15. The monoisotopic (exact) mass is 166 g/mol. The van der Waals surface area contributed by atoms with Gasteiger partial charge in [-0.2, -0.15) is 0 Å². The van der Waals surface area contributed by atoms with Crippen LogP contribution in [0.3, 0.4) is 0 Å². The minimum Gasteiger partial charge on any atom is -0.504 e. The van der Waals surface area contributed by atoms with Crippen LogP contribution in [0.25, 0.3) is 0 Å². The van der Waals surface area contributed by atoms with Crippen LogP contribution in [-0.4, -0.2) is 29.8 Å². The van der Waals surface area contributed by atoms with Crippen molar-refractivity contribution in [3.63, 3.8) is 0 Å². The molecule has 0 amide bonds. The Morgan fingerprint density at radius 3 is 2.42 bits per heavy atom. The fraction of sp³-hybridized carbons (Fsp3) is 0.444. The van der Waals surface area contributed by atoms with Gasteiger partial charge in [0.1, 0.15) is 0 Å². The van der Waals surface area contributed by atoms with Gasteiger partial charge in [0.15, 0.2) is 11.6 Å². The maximum atomic E-state index is 9.36. The standard InChI is InChI=1S/C9H14N2O/c1-3-8(12)9(10-2)11-6-4-5-7-11/h3,12H,1-2,4-7H2/b9-8-. The Balaban J connectivity index is 2.79. The zero-order valence-electron chi connectivity index (χ0n) is 7.16. The number of allylic oxidation sites excluding steroid dienone is 1. The maximum Gasteiger partial charge on any atom is 0.170 e. The maximum absolute atomic E-state index is 9.36. The van der Waals surface area contributed by atoms with E-state index in [0.29, 0.717) is 5.82 Å². The quantitative estimate of drug-likeness (QED) is 0.393. The number of aliphatic hydroxyl groups excluding tert-OH is 1. The molecule has 1 aliphatic rings. The van der Waals surface area contributed by atoms with Crippen molar-refractivity contribution in [2.75, 3.05) is 13.1 Å². The van der Waals surface area contributed by atoms with Crippen molar-refractivity contribution in [3.8, 4) is 0 Å². The van der Waals surface area contributed by atoms with Crippen LogP contribution < -0.4 is 0 Å². The molecule has 0 saturated carbocycles. The number of hydrogen-bond donors (Lipinski definition) is 1. The van der Waals surface area contributed by atoms with Gasteiger partial charge >= 0.3 is 0 Å². The molecule has 0 aliphatic carbocycles. The van der Waals surface area contributed by atoms with Crippen LogP contribution >= 0.6 is 0 Å². The lowest BCUT2D eigenvalue weighted by atomic mass is 10.4. The summed E-state index contributed by atoms with van der Waals surface area (Å²) >= 11 is 0. The molecule has 0 aromatic carbocycles. The van der Waals surface area contributed by atoms with Gasteiger partial charge in [0, 0.05) is 13.1 Å². The second-order valence-corrected chi connectivity index (χ2v) is 2.77. The van der Waals surface area contributed by atoms with E-state index in [1.54, 1.807) is 0 Å². The molecule has 3 heteroatoms. The lowest BCUT2D eigenvalue weighted by molar-refractivity contribution is 0.357. The third kappa shape index (κ3) is 1.67. The summed E-state index contributed by atoms with van der Waals surface area (Å²) in [6.07, 6.45) is 3.70. The Morgan fingerprint density at radius 2 is 2.00 bits per heavy atom. The lowest BCUT2D eigenvalue weighted by Gasteiger charge is -2.17. The third-order valence-corrected chi connectivity index (χ3v) is 1.98. The molecule has 12 heavy (non-hydrogen) atoms. The summed E-state index contributed by atoms with van der Waals surface area (Å²) in [6.45, 7) is 8.80. The van der Waals surface area contributed by atoms with Crippen molar-refractivity contribution in [2.45, 2.75) is 12.8 Å². The Bertz CT molecular complexity index is 215. The van der Waals surface area contributed by atoms with E-state index < -0.39 is 0 Å². The van der Waals surface area contributed by atoms with Crippen LogP contribution in [0.5, 0.6) is 0 Å². The van der Waals surface area contributed by atoms with Crippen molar-refractivity contribution in [2.24, 2.45) is 4.99 Å². The van der Waals surface area contributed by atoms with Crippen molar-refractivity contribution in [1.29, 1.82) is 0 Å². The van der Waals surface area contributed by atoms with Gasteiger partial charge in [-0.15, -0.1) is 0 Å². The summed E-state index contributed by atoms with van der Waals surface area (Å²) in [5.74, 6) is 0.675. The fourth-order valence-electron chi connectivity index (χ4n) is 1.36. The molecule has 3 nitrogen and oxygen atoms in total. The molecular weight excluding hydrogens is 152 g/mol. The predicted octanol–water partition coefficient (Wildman–Crippen LogP) is 1.70. The molecule has 0 bridgehead atoms. The van der Waals surface area contributed by atoms with E-state index in [4.69, 9.17) is 0 Å². The van der Waals surface area contributed by atoms with Gasteiger partial charge in [-0.25, -0.2) is 4.99 Å². The van der Waals surface area contributed by atoms with Crippen molar-refractivity contribution >= 4 is 6.72 Å². The molecule has 0 atom stereocenters. The van der Waals surface area contributed by atoms with Gasteiger partial charge in [-0.3, -0.25) is 0 Å². The lowest BCUT2D eigenvalue weighted by Crippen LogP contribution is -2.18. The van der Waals surface area contributed by atoms with Crippen LogP contribution in [0.1, 0.15) is 12.8 Å². The number of nitrogens with zero attached hydrogens (tertiary/aromatic N) is 2. The van der Waals surface area contributed by atoms with E-state index in [0.717, 1.165) is 25.9 Å². The second-order valence-electron chi connectivity index (χ2n) is 2.77. The molecule has 0 unspecified atom stereocenters. The molecule has 1 fully saturated rings. The van der Waals surface area contributed by atoms with Gasteiger partial charge in [-0.1, -0.05) is 6.58 Å². The van der Waals surface area contributed by atoms with E-state index in [1.807, 2.05) is 4.90 Å². The first kappa shape index (κ1) is 8.84. The molecule has 1 N–H and O–H groups in total. The van der Waals surface area contributed by atoms with E-state index >= 15 is 0 Å². The highest BCUT2D eigenvalue weighted by Crippen LogP contribution is 2.17. The number of likely N-dealkylation sites (tertiary alicyclic amines) is 1. The van der Waals surface area contributed by atoms with Crippen LogP contribution in [0.4, 0.5) is 0 Å². The first-order valence-electron chi connectivity index (χ1n) is 4.07. The minimum absolute atomic E-state index is 0.118. The first-order valence-corrected chi connectivity index (χ1v) is 4.07. The summed E-state index contributed by atoms with van der Waals surface area (Å²) in [5.41, 5.74) is 0. The molecule has 0 aromatic rings. The molecular formula is C9H14N2O. The van der Waals surface area contributed by atoms with Crippen molar-refractivity contribution in [3.05, 3.63) is 24.2 Å². The SMILES string of the molecule is C=C/C(O)=C(\N=C)N1CCCC1. The average Bonchev–Trinajstić information content (AvgIpc) is 2.58. The van der Waals surface area contributed by atoms with Crippen LogP contribution in [-0.2, 0) is 0 Å². The fourth-order valence-corrected chi connectivity index (χ4v) is 1.36. The summed E-state index contributed by atoms with van der Waals surface area (Å²) in [6, 6.07) is 0. The molecule has 1 aliphatic heterocycles. The molecule has 0 aromatic heterocycles. The van der Waals surface area contributed by atoms with Gasteiger partial charge in [-0.05, 0) is 25.6 Å². The molecule has 66 valence electrons. The van der Waals surface area contributed by atoms with Crippen molar-refractivity contribution in [1.82, 2.24) is 4.90 Å². The largest absolute Gasteiger partial charge is 0.504 e. The summed E-state index contributed by atoms with van der Waals surface area (Å²) in [7, 11) is 0. The number of hydrogen-bond acceptors (Lipinski definition) is 3. The average molecular weight is 166 g/mol. The smallest absolute Gasteiger partial charge is 0.170 e. The number of aliphatic hydroxyl groups is 1. The zero-order chi connectivity index (χ0) is 8.97. The first-order chi connectivity index (χ1) is 5.79. The topological polar surface area (TPSA) is 35.8 Å². The van der Waals surface area contributed by atoms with E-state index in [-0.39, 0.29) is 5.76 Å². The summed E-state index contributed by atoms with van der Waals surface area (Å²) in [4.78, 5) is 5.79. The van der Waals surface area contributed by atoms with Crippen LogP contribution in [0.15, 0.2) is 29.2 Å². The van der Waals surface area contributed by atoms with E-state index in [9.17, 15) is 5.11 Å². The van der Waals surface area contributed by atoms with E-state index in [2.05, 4.69) is 18.3 Å². The van der Waals surface area contributed by atoms with Crippen LogP contribution in [0, 0.1) is 0 Å². The van der Waals surface area contributed by atoms with Gasteiger partial charge in [0.25, 0.3) is 0 Å². The summed E-state index contributed by atoms with van der Waals surface area (Å²) in [5, 5.41) is 9.36. The molecule has 0 radical (unpaired) electrons. The Morgan fingerprint density at radius 1 is 1.42 bits per heavy atom. The van der Waals surface area contributed by atoms with Gasteiger partial charge in [0.05, 0.1) is 0 Å². The molecule has 1 heterocycles. The second kappa shape index (κ2) is 3.95. The molecule has 1 saturated heterocycles. The Kier molecular flexibility index (Phi) is 2.91. The molecule has 1 rings (SSSR count). The van der Waals surface area contributed by atoms with E-state index in [1.165, 1.54) is 6.08 Å². The highest BCUT2D eigenvalue weighted by atomic mass is 16.3. The number of rotatable bonds is 3. The normalized spacial score (nSPS) is 18.8.